The molecule has 0 spiro atoms. The van der Waals surface area contributed by atoms with Crippen molar-refractivity contribution in [3.8, 4) is 0 Å². The lowest BCUT2D eigenvalue weighted by molar-refractivity contribution is -0.180. The summed E-state index contributed by atoms with van der Waals surface area (Å²) < 4.78 is 18.4. The van der Waals surface area contributed by atoms with Crippen LogP contribution in [0, 0.1) is 11.8 Å². The van der Waals surface area contributed by atoms with Gasteiger partial charge in [-0.05, 0) is 92.6 Å². The minimum Gasteiger partial charge on any atom is -0.457 e. The van der Waals surface area contributed by atoms with Gasteiger partial charge in [0.25, 0.3) is 5.78 Å². The van der Waals surface area contributed by atoms with Crippen LogP contribution >= 0.6 is 7.26 Å². The van der Waals surface area contributed by atoms with E-state index in [0.717, 1.165) is 21.6 Å². The van der Waals surface area contributed by atoms with Crippen LogP contribution in [0.1, 0.15) is 45.0 Å². The van der Waals surface area contributed by atoms with Gasteiger partial charge in [-0.3, -0.25) is 14.5 Å². The van der Waals surface area contributed by atoms with Crippen LogP contribution in [0.2, 0.25) is 18.1 Å². The fourth-order valence-electron chi connectivity index (χ4n) is 7.40. The molecule has 1 saturated heterocycles. The Balaban J connectivity index is 1.71. The van der Waals surface area contributed by atoms with Gasteiger partial charge in [0.1, 0.15) is 29.8 Å². The molecule has 9 nitrogen and oxygen atoms in total. The summed E-state index contributed by atoms with van der Waals surface area (Å²) in [5.74, 6) is -5.71. The fourth-order valence-corrected chi connectivity index (χ4v) is 13.5. The largest absolute Gasteiger partial charge is 0.457 e. The number of anilines is 1. The zero-order chi connectivity index (χ0) is 41.7. The van der Waals surface area contributed by atoms with Crippen molar-refractivity contribution < 1.29 is 33.1 Å². The molecule has 0 bridgehead atoms. The van der Waals surface area contributed by atoms with Crippen LogP contribution in [0.15, 0.2) is 128 Å². The van der Waals surface area contributed by atoms with Gasteiger partial charge in [0.2, 0.25) is 5.91 Å². The number of hydrogen-bond donors (Lipinski definition) is 0. The Morgan fingerprint density at radius 2 is 1.28 bits per heavy atom. The van der Waals surface area contributed by atoms with Crippen molar-refractivity contribution in [2.75, 3.05) is 25.6 Å². The first kappa shape index (κ1) is 43.2. The molecule has 1 aliphatic rings. The first-order valence-corrected chi connectivity index (χ1v) is 24.1. The zero-order valence-corrected chi connectivity index (χ0v) is 36.4. The molecule has 300 valence electrons. The van der Waals surface area contributed by atoms with Gasteiger partial charge in [-0.15, -0.1) is 0 Å². The number of carbonyl (C=O) groups excluding carboxylic acids is 4. The first-order chi connectivity index (χ1) is 27.0. The highest BCUT2D eigenvalue weighted by Crippen LogP contribution is 2.63. The maximum Gasteiger partial charge on any atom is 0.370 e. The molecule has 4 aromatic carbocycles. The predicted octanol–water partition coefficient (Wildman–Crippen LogP) is 7.36. The van der Waals surface area contributed by atoms with Crippen molar-refractivity contribution in [1.29, 1.82) is 0 Å². The fraction of sp³-hybridized carbons (Fsp3) is 0.348. The summed E-state index contributed by atoms with van der Waals surface area (Å²) in [6, 6.07) is 35.0. The zero-order valence-electron chi connectivity index (χ0n) is 34.5. The second-order valence-corrected chi connectivity index (χ2v) is 24.5. The van der Waals surface area contributed by atoms with Gasteiger partial charge < -0.3 is 18.8 Å². The summed E-state index contributed by atoms with van der Waals surface area (Å²) in [5, 5.41) is 2.36. The monoisotopic (exact) mass is 807 g/mol. The van der Waals surface area contributed by atoms with Crippen LogP contribution in [0.4, 0.5) is 5.69 Å². The van der Waals surface area contributed by atoms with E-state index in [-0.39, 0.29) is 23.1 Å². The van der Waals surface area contributed by atoms with Gasteiger partial charge in [-0.25, -0.2) is 9.59 Å². The molecule has 0 aromatic heterocycles. The van der Waals surface area contributed by atoms with Gasteiger partial charge >= 0.3 is 17.9 Å². The van der Waals surface area contributed by atoms with Gasteiger partial charge in [0.15, 0.2) is 8.32 Å². The minimum atomic E-state index is -3.20. The van der Waals surface area contributed by atoms with E-state index in [4.69, 9.17) is 13.9 Å². The van der Waals surface area contributed by atoms with Gasteiger partial charge in [0, 0.05) is 19.8 Å². The van der Waals surface area contributed by atoms with Crippen LogP contribution in [0.25, 0.3) is 0 Å². The quantitative estimate of drug-likeness (QED) is 0.0307. The molecular formula is C46H56N2O7PSi+. The maximum atomic E-state index is 15.2. The lowest BCUT2D eigenvalue weighted by atomic mass is 9.76. The van der Waals surface area contributed by atoms with E-state index in [1.54, 1.807) is 36.1 Å². The van der Waals surface area contributed by atoms with Crippen molar-refractivity contribution in [2.45, 2.75) is 70.7 Å². The van der Waals surface area contributed by atoms with Crippen molar-refractivity contribution in [3.05, 3.63) is 133 Å². The van der Waals surface area contributed by atoms with Gasteiger partial charge in [0.05, 0.1) is 29.5 Å². The Morgan fingerprint density at radius 1 is 0.807 bits per heavy atom. The summed E-state index contributed by atoms with van der Waals surface area (Å²) >= 11 is 0. The Kier molecular flexibility index (Phi) is 13.4. The van der Waals surface area contributed by atoms with E-state index in [1.165, 1.54) is 6.08 Å². The maximum absolute atomic E-state index is 15.2. The molecular weight excluding hydrogens is 752 g/mol. The number of nitrogens with zero attached hydrogens (tertiary/aromatic N) is 2. The molecule has 1 aliphatic heterocycles. The normalized spacial score (nSPS) is 17.4. The standard InChI is InChI=1S/C46H56N2O7PSi/c1-11-31-53-45(52)42(56(36-21-15-12-16-22-36,37-23-17-13-18-24-37)38-25-19-14-20-26-38)48-40(39(41(48)49)33(3)55-57(9,10)46(4,5)6)32(2)43(50)54-44(51)34-27-29-35(30-28-34)47(7)8/h11-30,32-33,39-40,42H,1,31H2,2-10H3/q+1/t32-,33?,39-,40-,42?/m1/s1. The van der Waals surface area contributed by atoms with E-state index in [1.807, 2.05) is 117 Å². The third-order valence-corrected chi connectivity index (χ3v) is 20.5. The first-order valence-electron chi connectivity index (χ1n) is 19.3. The highest BCUT2D eigenvalue weighted by molar-refractivity contribution is 7.96. The molecule has 4 aromatic rings. The second-order valence-electron chi connectivity index (χ2n) is 16.3. The Labute approximate surface area is 339 Å². The number of carbonyl (C=O) groups is 4. The van der Waals surface area contributed by atoms with Crippen LogP contribution in [0.5, 0.6) is 0 Å². The Hall–Kier alpha value is -4.89. The van der Waals surface area contributed by atoms with Crippen molar-refractivity contribution in [2.24, 2.45) is 11.8 Å². The molecule has 57 heavy (non-hydrogen) atoms. The molecule has 1 heterocycles. The lowest BCUT2D eigenvalue weighted by Gasteiger charge is -2.55. The summed E-state index contributed by atoms with van der Waals surface area (Å²) in [4.78, 5) is 61.4. The highest BCUT2D eigenvalue weighted by Gasteiger charge is 2.68. The minimum absolute atomic E-state index is 0.0899. The third kappa shape index (κ3) is 8.69. The average molecular weight is 808 g/mol. The van der Waals surface area contributed by atoms with Gasteiger partial charge in [-0.1, -0.05) is 88.0 Å². The molecule has 1 amide bonds. The number of β-lactam (4-membered cyclic amide) rings is 1. The molecule has 5 atom stereocenters. The summed E-state index contributed by atoms with van der Waals surface area (Å²) in [7, 11) is -1.86. The van der Waals surface area contributed by atoms with Gasteiger partial charge in [-0.2, -0.15) is 0 Å². The van der Waals surface area contributed by atoms with Crippen LogP contribution < -0.4 is 20.8 Å². The molecule has 1 fully saturated rings. The smallest absolute Gasteiger partial charge is 0.370 e. The molecule has 0 saturated carbocycles. The molecule has 0 aliphatic carbocycles. The molecule has 11 heteroatoms. The third-order valence-electron chi connectivity index (χ3n) is 11.4. The predicted molar refractivity (Wildman–Crippen MR) is 232 cm³/mol. The molecule has 0 radical (unpaired) electrons. The van der Waals surface area contributed by atoms with Crippen molar-refractivity contribution in [3.63, 3.8) is 0 Å². The summed E-state index contributed by atoms with van der Waals surface area (Å²) in [6.07, 6.45) is 0.860. The van der Waals surface area contributed by atoms with Crippen LogP contribution in [-0.4, -0.2) is 75.7 Å². The van der Waals surface area contributed by atoms with E-state index in [9.17, 15) is 9.59 Å². The van der Waals surface area contributed by atoms with Crippen molar-refractivity contribution >= 4 is 61.0 Å². The van der Waals surface area contributed by atoms with E-state index in [2.05, 4.69) is 40.4 Å². The van der Waals surface area contributed by atoms with Crippen LogP contribution in [-0.2, 0) is 28.3 Å². The Bertz CT molecular complexity index is 1940. The number of amides is 1. The molecule has 5 rings (SSSR count). The van der Waals surface area contributed by atoms with E-state index < -0.39 is 63.3 Å². The number of hydrogen-bond acceptors (Lipinski definition) is 8. The van der Waals surface area contributed by atoms with Crippen LogP contribution in [0.3, 0.4) is 0 Å². The lowest BCUT2D eigenvalue weighted by Crippen LogP contribution is -2.73. The summed E-state index contributed by atoms with van der Waals surface area (Å²) in [5.41, 5.74) is 1.09. The number of rotatable bonds is 15. The summed E-state index contributed by atoms with van der Waals surface area (Å²) in [6.45, 7) is 17.8. The van der Waals surface area contributed by atoms with E-state index in [0.29, 0.717) is 0 Å². The van der Waals surface area contributed by atoms with Crippen molar-refractivity contribution in [1.82, 2.24) is 4.90 Å². The second kappa shape index (κ2) is 17.7. The molecule has 0 N–H and O–H groups in total. The average Bonchev–Trinajstić information content (AvgIpc) is 3.19. The van der Waals surface area contributed by atoms with E-state index >= 15 is 9.59 Å². The Morgan fingerprint density at radius 3 is 1.70 bits per heavy atom. The SMILES string of the molecule is C=CCOC(=O)C(N1C(=O)[C@H](C(C)O[Si](C)(C)C(C)(C)C)[C@H]1[C@@H](C)C(=O)OC(=O)c1ccc(N(C)C)cc1)[P+](c1ccccc1)(c1ccccc1)c1ccccc1. The number of benzene rings is 4. The topological polar surface area (TPSA) is 102 Å². The molecule has 2 unspecified atom stereocenters. The highest BCUT2D eigenvalue weighted by atomic mass is 31.2. The number of esters is 3. The number of ether oxygens (including phenoxy) is 2. The number of likely N-dealkylation sites (tertiary alicyclic amines) is 1.